The fraction of sp³-hybridized carbons (Fsp3) is 0.211. The lowest BCUT2D eigenvalue weighted by Gasteiger charge is -2.16. The number of guanidine groups is 1. The summed E-state index contributed by atoms with van der Waals surface area (Å²) >= 11 is 0. The van der Waals surface area contributed by atoms with E-state index in [1.165, 1.54) is 13.4 Å². The Balaban J connectivity index is 0.00000320. The molecule has 160 valence electrons. The van der Waals surface area contributed by atoms with Crippen LogP contribution in [0.4, 0.5) is 17.6 Å². The van der Waals surface area contributed by atoms with Crippen LogP contribution in [-0.2, 0) is 19.3 Å². The zero-order valence-corrected chi connectivity index (χ0v) is 18.1. The van der Waals surface area contributed by atoms with E-state index in [1.807, 2.05) is 24.3 Å². The zero-order chi connectivity index (χ0) is 20.9. The van der Waals surface area contributed by atoms with Crippen LogP contribution in [0.5, 0.6) is 0 Å². The SMILES string of the molecule is CN=C(NCc1ccc(-n2cncn2)cc1)NCc1ccc(F)cc1C(F)(F)F.I. The minimum atomic E-state index is -4.64. The van der Waals surface area contributed by atoms with Crippen molar-refractivity contribution in [1.29, 1.82) is 0 Å². The first-order chi connectivity index (χ1) is 13.9. The lowest BCUT2D eigenvalue weighted by molar-refractivity contribution is -0.138. The molecular formula is C19H19F4IN6. The van der Waals surface area contributed by atoms with Crippen LogP contribution in [0.15, 0.2) is 60.1 Å². The van der Waals surface area contributed by atoms with Gasteiger partial charge in [-0.05, 0) is 35.4 Å². The van der Waals surface area contributed by atoms with E-state index in [4.69, 9.17) is 0 Å². The first-order valence-corrected chi connectivity index (χ1v) is 8.61. The maximum atomic E-state index is 13.2. The second-order valence-electron chi connectivity index (χ2n) is 6.09. The molecule has 0 saturated heterocycles. The van der Waals surface area contributed by atoms with Crippen LogP contribution in [-0.4, -0.2) is 27.8 Å². The molecule has 0 aliphatic rings. The summed E-state index contributed by atoms with van der Waals surface area (Å²) < 4.78 is 54.1. The maximum absolute atomic E-state index is 13.2. The van der Waals surface area contributed by atoms with E-state index in [2.05, 4.69) is 25.7 Å². The van der Waals surface area contributed by atoms with E-state index >= 15 is 0 Å². The largest absolute Gasteiger partial charge is 0.416 e. The van der Waals surface area contributed by atoms with Crippen molar-refractivity contribution in [2.45, 2.75) is 19.3 Å². The fourth-order valence-corrected chi connectivity index (χ4v) is 2.66. The van der Waals surface area contributed by atoms with Crippen molar-refractivity contribution in [2.75, 3.05) is 7.05 Å². The molecule has 0 aliphatic carbocycles. The summed E-state index contributed by atoms with van der Waals surface area (Å²) in [7, 11) is 1.51. The molecule has 0 saturated carbocycles. The standard InChI is InChI=1S/C19H18F4N6.HI/c1-24-18(27-10-14-4-5-15(20)8-17(14)19(21,22)23)26-9-13-2-6-16(7-3-13)29-12-25-11-28-29;/h2-8,11-12H,9-10H2,1H3,(H2,24,26,27);1H. The average Bonchev–Trinajstić information content (AvgIpc) is 3.23. The highest BCUT2D eigenvalue weighted by Gasteiger charge is 2.33. The monoisotopic (exact) mass is 534 g/mol. The van der Waals surface area contributed by atoms with E-state index in [0.717, 1.165) is 23.4 Å². The van der Waals surface area contributed by atoms with E-state index in [1.54, 1.807) is 11.0 Å². The Bertz CT molecular complexity index is 972. The Morgan fingerprint density at radius 2 is 1.77 bits per heavy atom. The van der Waals surface area contributed by atoms with Crippen molar-refractivity contribution in [3.8, 4) is 5.69 Å². The third-order valence-corrected chi connectivity index (χ3v) is 4.13. The van der Waals surface area contributed by atoms with E-state index in [0.29, 0.717) is 18.6 Å². The smallest absolute Gasteiger partial charge is 0.352 e. The molecule has 6 nitrogen and oxygen atoms in total. The lowest BCUT2D eigenvalue weighted by atomic mass is 10.1. The Morgan fingerprint density at radius 1 is 1.07 bits per heavy atom. The van der Waals surface area contributed by atoms with Crippen LogP contribution in [0.2, 0.25) is 0 Å². The van der Waals surface area contributed by atoms with Gasteiger partial charge in [0.05, 0.1) is 11.3 Å². The lowest BCUT2D eigenvalue weighted by Crippen LogP contribution is -2.36. The molecule has 3 aromatic rings. The Morgan fingerprint density at radius 3 is 2.37 bits per heavy atom. The summed E-state index contributed by atoms with van der Waals surface area (Å²) in [6.07, 6.45) is -1.61. The van der Waals surface area contributed by atoms with Gasteiger partial charge >= 0.3 is 6.18 Å². The molecule has 2 aromatic carbocycles. The number of benzene rings is 2. The van der Waals surface area contributed by atoms with Gasteiger partial charge in [-0.25, -0.2) is 14.1 Å². The third kappa shape index (κ3) is 6.15. The Hall–Kier alpha value is -2.70. The van der Waals surface area contributed by atoms with Gasteiger partial charge < -0.3 is 10.6 Å². The number of alkyl halides is 3. The summed E-state index contributed by atoms with van der Waals surface area (Å²) in [5.41, 5.74) is 0.711. The van der Waals surface area contributed by atoms with Gasteiger partial charge in [0.2, 0.25) is 0 Å². The molecule has 3 rings (SSSR count). The van der Waals surface area contributed by atoms with Gasteiger partial charge in [0, 0.05) is 20.1 Å². The second kappa shape index (κ2) is 10.4. The molecule has 0 aliphatic heterocycles. The highest BCUT2D eigenvalue weighted by atomic mass is 127. The number of aromatic nitrogens is 3. The minimum absolute atomic E-state index is 0. The second-order valence-corrected chi connectivity index (χ2v) is 6.09. The van der Waals surface area contributed by atoms with Gasteiger partial charge in [-0.1, -0.05) is 18.2 Å². The highest BCUT2D eigenvalue weighted by molar-refractivity contribution is 14.0. The number of halogens is 5. The number of aliphatic imine (C=N–C) groups is 1. The van der Waals surface area contributed by atoms with Crippen molar-refractivity contribution in [2.24, 2.45) is 4.99 Å². The van der Waals surface area contributed by atoms with Crippen LogP contribution in [0, 0.1) is 5.82 Å². The van der Waals surface area contributed by atoms with Gasteiger partial charge in [-0.2, -0.15) is 18.3 Å². The zero-order valence-electron chi connectivity index (χ0n) is 15.8. The van der Waals surface area contributed by atoms with Crippen LogP contribution >= 0.6 is 24.0 Å². The molecule has 0 atom stereocenters. The molecule has 0 fully saturated rings. The van der Waals surface area contributed by atoms with E-state index in [-0.39, 0.29) is 36.1 Å². The predicted octanol–water partition coefficient (Wildman–Crippen LogP) is 3.91. The molecule has 0 spiro atoms. The van der Waals surface area contributed by atoms with Gasteiger partial charge in [0.1, 0.15) is 18.5 Å². The number of nitrogens with one attached hydrogen (secondary N) is 2. The normalized spacial score (nSPS) is 11.7. The first-order valence-electron chi connectivity index (χ1n) is 8.61. The van der Waals surface area contributed by atoms with Gasteiger partial charge in [0.25, 0.3) is 0 Å². The van der Waals surface area contributed by atoms with Crippen LogP contribution in [0.1, 0.15) is 16.7 Å². The van der Waals surface area contributed by atoms with Crippen LogP contribution in [0.25, 0.3) is 5.69 Å². The van der Waals surface area contributed by atoms with Crippen molar-refractivity contribution >= 4 is 29.9 Å². The fourth-order valence-electron chi connectivity index (χ4n) is 2.66. The van der Waals surface area contributed by atoms with Gasteiger partial charge in [-0.3, -0.25) is 4.99 Å². The Labute approximate surface area is 187 Å². The summed E-state index contributed by atoms with van der Waals surface area (Å²) in [4.78, 5) is 7.89. The third-order valence-electron chi connectivity index (χ3n) is 4.13. The van der Waals surface area contributed by atoms with Crippen molar-refractivity contribution in [1.82, 2.24) is 25.4 Å². The Kier molecular flexibility index (Phi) is 8.15. The van der Waals surface area contributed by atoms with E-state index in [9.17, 15) is 17.6 Å². The first kappa shape index (κ1) is 23.6. The molecule has 1 aromatic heterocycles. The summed E-state index contributed by atoms with van der Waals surface area (Å²) in [6.45, 7) is 0.257. The van der Waals surface area contributed by atoms with Gasteiger partial charge in [0.15, 0.2) is 5.96 Å². The summed E-state index contributed by atoms with van der Waals surface area (Å²) in [5.74, 6) is -0.610. The molecular weight excluding hydrogens is 515 g/mol. The van der Waals surface area contributed by atoms with Crippen molar-refractivity contribution in [3.05, 3.63) is 77.6 Å². The number of nitrogens with zero attached hydrogens (tertiary/aromatic N) is 4. The molecule has 0 bridgehead atoms. The maximum Gasteiger partial charge on any atom is 0.416 e. The van der Waals surface area contributed by atoms with Crippen LogP contribution in [0.3, 0.4) is 0 Å². The number of rotatable bonds is 5. The minimum Gasteiger partial charge on any atom is -0.352 e. The van der Waals surface area contributed by atoms with Crippen molar-refractivity contribution in [3.63, 3.8) is 0 Å². The summed E-state index contributed by atoms with van der Waals surface area (Å²) in [5, 5.41) is 9.89. The topological polar surface area (TPSA) is 67.1 Å². The van der Waals surface area contributed by atoms with Gasteiger partial charge in [-0.15, -0.1) is 24.0 Å². The molecule has 30 heavy (non-hydrogen) atoms. The summed E-state index contributed by atoms with van der Waals surface area (Å²) in [6, 6.07) is 10.1. The quantitative estimate of drug-likeness (QED) is 0.226. The molecule has 0 radical (unpaired) electrons. The van der Waals surface area contributed by atoms with Crippen LogP contribution < -0.4 is 10.6 Å². The number of hydrogen-bond donors (Lipinski definition) is 2. The van der Waals surface area contributed by atoms with Crippen molar-refractivity contribution < 1.29 is 17.6 Å². The molecule has 2 N–H and O–H groups in total. The average molecular weight is 534 g/mol. The predicted molar refractivity (Wildman–Crippen MR) is 115 cm³/mol. The molecule has 1 heterocycles. The number of hydrogen-bond acceptors (Lipinski definition) is 3. The molecule has 11 heteroatoms. The molecule has 0 amide bonds. The highest BCUT2D eigenvalue weighted by Crippen LogP contribution is 2.32. The molecule has 0 unspecified atom stereocenters. The van der Waals surface area contributed by atoms with E-state index < -0.39 is 17.6 Å².